The van der Waals surface area contributed by atoms with E-state index in [2.05, 4.69) is 155 Å². The first-order chi connectivity index (χ1) is 22.8. The van der Waals surface area contributed by atoms with Gasteiger partial charge in [-0.05, 0) is 106 Å². The number of nitrogens with zero attached hydrogens (tertiary/aromatic N) is 2. The van der Waals surface area contributed by atoms with Crippen molar-refractivity contribution in [1.82, 2.24) is 4.98 Å². The lowest BCUT2D eigenvalue weighted by Crippen LogP contribution is -2.09. The SMILES string of the molecule is c1ccc(N(c2ccc(-c3ccc4ccccc4c3)cc2)c2ccc(-c3ccc4c(c3)oc3ccc5ncccc5c34)cc2)cc1. The van der Waals surface area contributed by atoms with Gasteiger partial charge in [0.15, 0.2) is 0 Å². The summed E-state index contributed by atoms with van der Waals surface area (Å²) in [6, 6.07) is 58.0. The largest absolute Gasteiger partial charge is 0.456 e. The Kier molecular flexibility index (Phi) is 6.14. The van der Waals surface area contributed by atoms with Crippen molar-refractivity contribution in [3.05, 3.63) is 170 Å². The van der Waals surface area contributed by atoms with Gasteiger partial charge in [-0.1, -0.05) is 91.0 Å². The fraction of sp³-hybridized carbons (Fsp3) is 0. The Morgan fingerprint density at radius 1 is 0.413 bits per heavy atom. The van der Waals surface area contributed by atoms with Gasteiger partial charge in [0.25, 0.3) is 0 Å². The Morgan fingerprint density at radius 3 is 1.80 bits per heavy atom. The van der Waals surface area contributed by atoms with E-state index < -0.39 is 0 Å². The molecule has 0 saturated carbocycles. The van der Waals surface area contributed by atoms with E-state index in [9.17, 15) is 0 Å². The first-order valence-corrected chi connectivity index (χ1v) is 15.5. The molecule has 0 unspecified atom stereocenters. The molecule has 0 amide bonds. The van der Waals surface area contributed by atoms with Crippen molar-refractivity contribution in [1.29, 1.82) is 0 Å². The van der Waals surface area contributed by atoms with E-state index in [-0.39, 0.29) is 0 Å². The van der Waals surface area contributed by atoms with Crippen LogP contribution in [0.4, 0.5) is 17.1 Å². The first-order valence-electron chi connectivity index (χ1n) is 15.5. The molecule has 2 aromatic heterocycles. The van der Waals surface area contributed by atoms with Crippen LogP contribution in [-0.2, 0) is 0 Å². The molecule has 216 valence electrons. The maximum absolute atomic E-state index is 6.33. The highest BCUT2D eigenvalue weighted by Crippen LogP contribution is 2.39. The van der Waals surface area contributed by atoms with Crippen LogP contribution in [0.1, 0.15) is 0 Å². The van der Waals surface area contributed by atoms with Crippen molar-refractivity contribution in [3.8, 4) is 22.3 Å². The van der Waals surface area contributed by atoms with Crippen LogP contribution in [-0.4, -0.2) is 4.98 Å². The lowest BCUT2D eigenvalue weighted by atomic mass is 10.0. The topological polar surface area (TPSA) is 29.3 Å². The minimum Gasteiger partial charge on any atom is -0.456 e. The molecule has 0 N–H and O–H groups in total. The predicted octanol–water partition coefficient (Wildman–Crippen LogP) is 12.1. The molecule has 0 aliphatic rings. The van der Waals surface area contributed by atoms with Crippen LogP contribution in [0.15, 0.2) is 174 Å². The van der Waals surface area contributed by atoms with Gasteiger partial charge in [0.05, 0.1) is 5.52 Å². The van der Waals surface area contributed by atoms with Crippen molar-refractivity contribution >= 4 is 60.7 Å². The molecule has 0 radical (unpaired) electrons. The van der Waals surface area contributed by atoms with E-state index in [0.29, 0.717) is 0 Å². The normalized spacial score (nSPS) is 11.5. The van der Waals surface area contributed by atoms with Crippen molar-refractivity contribution < 1.29 is 4.42 Å². The molecule has 0 aliphatic carbocycles. The highest BCUT2D eigenvalue weighted by Gasteiger charge is 2.15. The van der Waals surface area contributed by atoms with Crippen LogP contribution in [0.5, 0.6) is 0 Å². The molecule has 0 fully saturated rings. The third-order valence-electron chi connectivity index (χ3n) is 8.90. The van der Waals surface area contributed by atoms with Gasteiger partial charge in [0.1, 0.15) is 11.2 Å². The molecular formula is C43H28N2O. The van der Waals surface area contributed by atoms with Crippen molar-refractivity contribution in [2.45, 2.75) is 0 Å². The summed E-state index contributed by atoms with van der Waals surface area (Å²) in [5.41, 5.74) is 10.7. The molecule has 0 aliphatic heterocycles. The molecule has 0 bridgehead atoms. The molecule has 3 nitrogen and oxygen atoms in total. The van der Waals surface area contributed by atoms with Gasteiger partial charge >= 0.3 is 0 Å². The second-order valence-corrected chi connectivity index (χ2v) is 11.6. The van der Waals surface area contributed by atoms with Gasteiger partial charge < -0.3 is 9.32 Å². The number of para-hydroxylation sites is 1. The van der Waals surface area contributed by atoms with Crippen LogP contribution >= 0.6 is 0 Å². The molecule has 2 heterocycles. The molecule has 7 aromatic carbocycles. The third-order valence-corrected chi connectivity index (χ3v) is 8.90. The van der Waals surface area contributed by atoms with Crippen LogP contribution in [0.3, 0.4) is 0 Å². The van der Waals surface area contributed by atoms with Gasteiger partial charge in [0.2, 0.25) is 0 Å². The summed E-state index contributed by atoms with van der Waals surface area (Å²) in [4.78, 5) is 6.83. The van der Waals surface area contributed by atoms with E-state index in [4.69, 9.17) is 4.42 Å². The standard InChI is InChI=1S/C43H28N2O/c1-2-9-35(10-3-1)45(36-19-14-30(15-20-36)33-13-12-29-7-4-5-8-32(29)27-33)37-21-16-31(17-22-37)34-18-23-39-42(28-34)46-41-25-24-40-38(43(39)41)11-6-26-44-40/h1-28H. The fourth-order valence-electron chi connectivity index (χ4n) is 6.61. The Hall–Kier alpha value is -6.19. The quantitative estimate of drug-likeness (QED) is 0.200. The second-order valence-electron chi connectivity index (χ2n) is 11.6. The summed E-state index contributed by atoms with van der Waals surface area (Å²) in [5, 5.41) is 5.84. The highest BCUT2D eigenvalue weighted by molar-refractivity contribution is 6.18. The lowest BCUT2D eigenvalue weighted by molar-refractivity contribution is 0.669. The average molecular weight is 589 g/mol. The Balaban J connectivity index is 1.06. The number of hydrogen-bond acceptors (Lipinski definition) is 3. The summed E-state index contributed by atoms with van der Waals surface area (Å²) in [7, 11) is 0. The van der Waals surface area contributed by atoms with Crippen LogP contribution in [0.2, 0.25) is 0 Å². The number of aromatic nitrogens is 1. The Labute approximate surface area is 266 Å². The summed E-state index contributed by atoms with van der Waals surface area (Å²) >= 11 is 0. The van der Waals surface area contributed by atoms with E-state index in [1.54, 1.807) is 0 Å². The minimum absolute atomic E-state index is 0.880. The number of rotatable bonds is 5. The zero-order valence-electron chi connectivity index (χ0n) is 25.0. The number of pyridine rings is 1. The number of fused-ring (bicyclic) bond motifs is 6. The predicted molar refractivity (Wildman–Crippen MR) is 192 cm³/mol. The number of benzene rings is 7. The first kappa shape index (κ1) is 26.2. The van der Waals surface area contributed by atoms with E-state index in [1.807, 2.05) is 24.4 Å². The molecule has 46 heavy (non-hydrogen) atoms. The highest BCUT2D eigenvalue weighted by atomic mass is 16.3. The summed E-state index contributed by atoms with van der Waals surface area (Å²) in [6.45, 7) is 0. The second kappa shape index (κ2) is 10.8. The van der Waals surface area contributed by atoms with Crippen LogP contribution in [0, 0.1) is 0 Å². The molecule has 9 aromatic rings. The Bertz CT molecular complexity index is 2510. The minimum atomic E-state index is 0.880. The zero-order valence-corrected chi connectivity index (χ0v) is 25.0. The average Bonchev–Trinajstić information content (AvgIpc) is 3.51. The van der Waals surface area contributed by atoms with E-state index >= 15 is 0 Å². The van der Waals surface area contributed by atoms with Crippen molar-refractivity contribution in [3.63, 3.8) is 0 Å². The number of hydrogen-bond donors (Lipinski definition) is 0. The third kappa shape index (κ3) is 4.49. The van der Waals surface area contributed by atoms with Gasteiger partial charge in [-0.3, -0.25) is 4.98 Å². The molecule has 0 atom stereocenters. The van der Waals surface area contributed by atoms with Gasteiger partial charge in [0, 0.05) is 39.4 Å². The van der Waals surface area contributed by atoms with Crippen molar-refractivity contribution in [2.24, 2.45) is 0 Å². The molecular weight excluding hydrogens is 560 g/mol. The van der Waals surface area contributed by atoms with Crippen LogP contribution in [0.25, 0.3) is 65.9 Å². The maximum atomic E-state index is 6.33. The summed E-state index contributed by atoms with van der Waals surface area (Å²) < 4.78 is 6.33. The zero-order chi connectivity index (χ0) is 30.5. The molecule has 9 rings (SSSR count). The maximum Gasteiger partial charge on any atom is 0.136 e. The van der Waals surface area contributed by atoms with Crippen LogP contribution < -0.4 is 4.90 Å². The molecule has 0 spiro atoms. The monoisotopic (exact) mass is 588 g/mol. The molecule has 3 heteroatoms. The van der Waals surface area contributed by atoms with Gasteiger partial charge in [-0.2, -0.15) is 0 Å². The summed E-state index contributed by atoms with van der Waals surface area (Å²) in [6.07, 6.45) is 1.83. The van der Waals surface area contributed by atoms with Gasteiger partial charge in [-0.25, -0.2) is 0 Å². The van der Waals surface area contributed by atoms with E-state index in [0.717, 1.165) is 61.0 Å². The van der Waals surface area contributed by atoms with E-state index in [1.165, 1.54) is 21.9 Å². The number of furan rings is 1. The summed E-state index contributed by atoms with van der Waals surface area (Å²) in [5.74, 6) is 0. The number of anilines is 3. The smallest absolute Gasteiger partial charge is 0.136 e. The fourth-order valence-corrected chi connectivity index (χ4v) is 6.61. The molecule has 0 saturated heterocycles. The lowest BCUT2D eigenvalue weighted by Gasteiger charge is -2.26. The van der Waals surface area contributed by atoms with Gasteiger partial charge in [-0.15, -0.1) is 0 Å². The Morgan fingerprint density at radius 2 is 1.04 bits per heavy atom. The van der Waals surface area contributed by atoms with Crippen molar-refractivity contribution in [2.75, 3.05) is 4.90 Å².